The average molecular weight is 278 g/mol. The van der Waals surface area contributed by atoms with Crippen LogP contribution in [0, 0.1) is 0 Å². The highest BCUT2D eigenvalue weighted by Crippen LogP contribution is 2.38. The third-order valence-corrected chi connectivity index (χ3v) is 8.50. The summed E-state index contributed by atoms with van der Waals surface area (Å²) in [5.41, 5.74) is 0.150. The van der Waals surface area contributed by atoms with Gasteiger partial charge in [0.25, 0.3) is 0 Å². The van der Waals surface area contributed by atoms with Gasteiger partial charge in [-0.05, 0) is 6.42 Å². The van der Waals surface area contributed by atoms with E-state index >= 15 is 0 Å². The lowest BCUT2D eigenvalue weighted by Gasteiger charge is -2.34. The molecule has 1 aromatic rings. The molecule has 19 heavy (non-hydrogen) atoms. The van der Waals surface area contributed by atoms with E-state index in [1.54, 1.807) is 0 Å². The van der Waals surface area contributed by atoms with Gasteiger partial charge < -0.3 is 9.84 Å². The average Bonchev–Trinajstić information content (AvgIpc) is 2.81. The number of hydrogen-bond acceptors (Lipinski definition) is 3. The lowest BCUT2D eigenvalue weighted by atomic mass is 10.1. The van der Waals surface area contributed by atoms with Crippen molar-refractivity contribution in [1.82, 2.24) is 0 Å². The minimum Gasteiger partial charge on any atom is -0.460 e. The molecule has 1 aromatic carbocycles. The molecule has 0 spiro atoms. The predicted octanol–water partition coefficient (Wildman–Crippen LogP) is 2.06. The fourth-order valence-electron chi connectivity index (χ4n) is 2.90. The standard InChI is InChI=1S/C15H22O3Si/c1-4-12(16)15-13(10-14(17)18-15)19(2,3)11-8-6-5-7-9-11/h5-9,12-13,15-16H,4,10H2,1-3H3/t12-,13-,15+/m1/s1. The molecule has 0 amide bonds. The Kier molecular flexibility index (Phi) is 4.11. The summed E-state index contributed by atoms with van der Waals surface area (Å²) in [6.07, 6.45) is 0.176. The Hall–Kier alpha value is -1.13. The Bertz CT molecular complexity index is 444. The van der Waals surface area contributed by atoms with Gasteiger partial charge in [-0.2, -0.15) is 0 Å². The van der Waals surface area contributed by atoms with Crippen molar-refractivity contribution in [1.29, 1.82) is 0 Å². The second kappa shape index (κ2) is 5.47. The normalized spacial score (nSPS) is 25.2. The van der Waals surface area contributed by atoms with Crippen molar-refractivity contribution in [2.24, 2.45) is 0 Å². The SMILES string of the molecule is CC[C@@H](O)[C@@H]1OC(=O)C[C@H]1[Si](C)(C)c1ccccc1. The van der Waals surface area contributed by atoms with Crippen LogP contribution in [0.4, 0.5) is 0 Å². The largest absolute Gasteiger partial charge is 0.460 e. The van der Waals surface area contributed by atoms with E-state index in [2.05, 4.69) is 25.2 Å². The third kappa shape index (κ3) is 2.74. The molecule has 0 radical (unpaired) electrons. The lowest BCUT2D eigenvalue weighted by molar-refractivity contribution is -0.145. The van der Waals surface area contributed by atoms with Crippen LogP contribution >= 0.6 is 0 Å². The highest BCUT2D eigenvalue weighted by atomic mass is 28.3. The Morgan fingerprint density at radius 3 is 2.58 bits per heavy atom. The van der Waals surface area contributed by atoms with Gasteiger partial charge in [0.15, 0.2) is 0 Å². The summed E-state index contributed by atoms with van der Waals surface area (Å²) in [7, 11) is -1.84. The van der Waals surface area contributed by atoms with Gasteiger partial charge in [-0.15, -0.1) is 0 Å². The van der Waals surface area contributed by atoms with Crippen molar-refractivity contribution >= 4 is 19.2 Å². The molecule has 0 saturated carbocycles. The van der Waals surface area contributed by atoms with Crippen molar-refractivity contribution in [3.63, 3.8) is 0 Å². The highest BCUT2D eigenvalue weighted by molar-refractivity contribution is 6.91. The van der Waals surface area contributed by atoms with Crippen LogP contribution in [0.5, 0.6) is 0 Å². The minimum absolute atomic E-state index is 0.150. The van der Waals surface area contributed by atoms with Crippen molar-refractivity contribution in [2.75, 3.05) is 0 Å². The fourth-order valence-corrected chi connectivity index (χ4v) is 6.17. The van der Waals surface area contributed by atoms with Crippen LogP contribution in [0.1, 0.15) is 19.8 Å². The van der Waals surface area contributed by atoms with Crippen LogP contribution < -0.4 is 5.19 Å². The molecule has 1 saturated heterocycles. The third-order valence-electron chi connectivity index (χ3n) is 4.29. The Labute approximate surface area is 115 Å². The first-order valence-corrected chi connectivity index (χ1v) is 9.97. The predicted molar refractivity (Wildman–Crippen MR) is 78.1 cm³/mol. The van der Waals surface area contributed by atoms with Gasteiger partial charge in [-0.3, -0.25) is 4.79 Å². The van der Waals surface area contributed by atoms with E-state index in [0.29, 0.717) is 12.8 Å². The molecule has 3 nitrogen and oxygen atoms in total. The molecule has 3 atom stereocenters. The molecule has 1 heterocycles. The molecule has 0 aromatic heterocycles. The molecular weight excluding hydrogens is 256 g/mol. The monoisotopic (exact) mass is 278 g/mol. The van der Waals surface area contributed by atoms with E-state index in [-0.39, 0.29) is 17.6 Å². The van der Waals surface area contributed by atoms with Crippen LogP contribution in [0.2, 0.25) is 18.6 Å². The van der Waals surface area contributed by atoms with Gasteiger partial charge in [0, 0.05) is 12.0 Å². The summed E-state index contributed by atoms with van der Waals surface area (Å²) < 4.78 is 5.38. The van der Waals surface area contributed by atoms with Gasteiger partial charge in [0.2, 0.25) is 0 Å². The molecule has 1 aliphatic rings. The summed E-state index contributed by atoms with van der Waals surface area (Å²) in [5.74, 6) is -0.168. The number of esters is 1. The van der Waals surface area contributed by atoms with E-state index in [1.807, 2.05) is 25.1 Å². The maximum Gasteiger partial charge on any atom is 0.306 e. The summed E-state index contributed by atoms with van der Waals surface area (Å²) in [6, 6.07) is 10.3. The van der Waals surface area contributed by atoms with Gasteiger partial charge in [-0.25, -0.2) is 0 Å². The molecule has 0 bridgehead atoms. The second-order valence-electron chi connectivity index (χ2n) is 5.83. The molecule has 0 unspecified atom stereocenters. The number of carbonyl (C=O) groups is 1. The summed E-state index contributed by atoms with van der Waals surface area (Å²) >= 11 is 0. The fraction of sp³-hybridized carbons (Fsp3) is 0.533. The Morgan fingerprint density at radius 1 is 1.37 bits per heavy atom. The first-order chi connectivity index (χ1) is 8.96. The molecular formula is C15H22O3Si. The van der Waals surface area contributed by atoms with Gasteiger partial charge in [0.1, 0.15) is 6.10 Å². The van der Waals surface area contributed by atoms with Gasteiger partial charge >= 0.3 is 5.97 Å². The lowest BCUT2D eigenvalue weighted by Crippen LogP contribution is -2.50. The highest BCUT2D eigenvalue weighted by Gasteiger charge is 2.48. The second-order valence-corrected chi connectivity index (χ2v) is 10.6. The van der Waals surface area contributed by atoms with E-state index < -0.39 is 14.2 Å². The van der Waals surface area contributed by atoms with E-state index in [4.69, 9.17) is 4.74 Å². The van der Waals surface area contributed by atoms with Crippen LogP contribution in [0.25, 0.3) is 0 Å². The number of aliphatic hydroxyl groups excluding tert-OH is 1. The number of hydrogen-bond donors (Lipinski definition) is 1. The van der Waals surface area contributed by atoms with Crippen LogP contribution in [-0.2, 0) is 9.53 Å². The first-order valence-electron chi connectivity index (χ1n) is 6.90. The number of benzene rings is 1. The molecule has 0 aliphatic carbocycles. The number of cyclic esters (lactones) is 1. The summed E-state index contributed by atoms with van der Waals surface area (Å²) in [4.78, 5) is 11.7. The van der Waals surface area contributed by atoms with Crippen molar-refractivity contribution < 1.29 is 14.6 Å². The number of carbonyl (C=O) groups excluding carboxylic acids is 1. The summed E-state index contributed by atoms with van der Waals surface area (Å²) in [6.45, 7) is 6.43. The maximum atomic E-state index is 11.7. The molecule has 1 fully saturated rings. The first kappa shape index (κ1) is 14.3. The van der Waals surface area contributed by atoms with Crippen LogP contribution in [0.3, 0.4) is 0 Å². The molecule has 2 rings (SSSR count). The Balaban J connectivity index is 2.30. The van der Waals surface area contributed by atoms with E-state index in [0.717, 1.165) is 0 Å². The molecule has 1 aliphatic heterocycles. The number of aliphatic hydroxyl groups is 1. The van der Waals surface area contributed by atoms with Gasteiger partial charge in [0.05, 0.1) is 14.2 Å². The quantitative estimate of drug-likeness (QED) is 0.677. The zero-order chi connectivity index (χ0) is 14.0. The number of ether oxygens (including phenoxy) is 1. The topological polar surface area (TPSA) is 46.5 Å². The van der Waals surface area contributed by atoms with Crippen molar-refractivity contribution in [3.05, 3.63) is 30.3 Å². The van der Waals surface area contributed by atoms with Crippen LogP contribution in [-0.4, -0.2) is 31.4 Å². The van der Waals surface area contributed by atoms with Crippen molar-refractivity contribution in [2.45, 2.75) is 50.6 Å². The smallest absolute Gasteiger partial charge is 0.306 e. The molecule has 104 valence electrons. The minimum atomic E-state index is -1.84. The zero-order valence-electron chi connectivity index (χ0n) is 11.8. The summed E-state index contributed by atoms with van der Waals surface area (Å²) in [5, 5.41) is 11.4. The van der Waals surface area contributed by atoms with Crippen LogP contribution in [0.15, 0.2) is 30.3 Å². The Morgan fingerprint density at radius 2 is 2.00 bits per heavy atom. The van der Waals surface area contributed by atoms with Crippen molar-refractivity contribution in [3.8, 4) is 0 Å². The maximum absolute atomic E-state index is 11.7. The van der Waals surface area contributed by atoms with E-state index in [9.17, 15) is 9.90 Å². The number of rotatable bonds is 4. The zero-order valence-corrected chi connectivity index (χ0v) is 12.8. The molecule has 4 heteroatoms. The van der Waals surface area contributed by atoms with E-state index in [1.165, 1.54) is 5.19 Å². The van der Waals surface area contributed by atoms with Gasteiger partial charge in [-0.1, -0.05) is 55.5 Å². The molecule has 1 N–H and O–H groups in total.